The van der Waals surface area contributed by atoms with Gasteiger partial charge in [0.2, 0.25) is 0 Å². The monoisotopic (exact) mass is 252 g/mol. The van der Waals surface area contributed by atoms with Gasteiger partial charge in [0, 0.05) is 31.5 Å². The maximum atomic E-state index is 4.05. The Morgan fingerprint density at radius 3 is 2.67 bits per heavy atom. The fraction of sp³-hybridized carbons (Fsp3) is 0.786. The Labute approximate surface area is 111 Å². The van der Waals surface area contributed by atoms with Crippen molar-refractivity contribution in [2.45, 2.75) is 39.3 Å². The first kappa shape index (κ1) is 15.2. The normalized spacial score (nSPS) is 13.4. The van der Waals surface area contributed by atoms with Gasteiger partial charge in [-0.25, -0.2) is 4.98 Å². The summed E-state index contributed by atoms with van der Waals surface area (Å²) in [5, 5.41) is 3.67. The molecule has 0 aromatic carbocycles. The highest BCUT2D eigenvalue weighted by atomic mass is 15.1. The van der Waals surface area contributed by atoms with Crippen molar-refractivity contribution in [2.24, 2.45) is 5.92 Å². The van der Waals surface area contributed by atoms with Crippen molar-refractivity contribution in [3.8, 4) is 0 Å². The first-order valence-corrected chi connectivity index (χ1v) is 6.91. The molecule has 1 rings (SSSR count). The minimum Gasteiger partial charge on any atom is -0.337 e. The molecule has 0 amide bonds. The summed E-state index contributed by atoms with van der Waals surface area (Å²) in [6, 6.07) is 0.600. The van der Waals surface area contributed by atoms with E-state index >= 15 is 0 Å². The van der Waals surface area contributed by atoms with Crippen LogP contribution >= 0.6 is 0 Å². The lowest BCUT2D eigenvalue weighted by molar-refractivity contribution is 0.304. The van der Waals surface area contributed by atoms with Crippen molar-refractivity contribution in [1.29, 1.82) is 0 Å². The van der Waals surface area contributed by atoms with Crippen molar-refractivity contribution < 1.29 is 0 Å². The average molecular weight is 252 g/mol. The van der Waals surface area contributed by atoms with Crippen molar-refractivity contribution in [1.82, 2.24) is 19.8 Å². The van der Waals surface area contributed by atoms with Gasteiger partial charge in [-0.15, -0.1) is 0 Å². The van der Waals surface area contributed by atoms with E-state index in [4.69, 9.17) is 0 Å². The van der Waals surface area contributed by atoms with Crippen LogP contribution in [0.1, 0.15) is 26.7 Å². The molecule has 1 aromatic rings. The summed E-state index contributed by atoms with van der Waals surface area (Å²) in [6.07, 6.45) is 8.12. The lowest BCUT2D eigenvalue weighted by Gasteiger charge is -2.24. The number of hydrogen-bond donors (Lipinski definition) is 1. The number of rotatable bonds is 9. The van der Waals surface area contributed by atoms with E-state index in [9.17, 15) is 0 Å². The SMILES string of the molecule is CC(C)CC(CN(C)C)NCCCn1ccnc1. The predicted octanol–water partition coefficient (Wildman–Crippen LogP) is 1.84. The van der Waals surface area contributed by atoms with Gasteiger partial charge in [-0.3, -0.25) is 0 Å². The summed E-state index contributed by atoms with van der Waals surface area (Å²) in [5.74, 6) is 0.746. The second-order valence-electron chi connectivity index (χ2n) is 5.70. The fourth-order valence-electron chi connectivity index (χ4n) is 2.22. The lowest BCUT2D eigenvalue weighted by atomic mass is 10.0. The van der Waals surface area contributed by atoms with E-state index in [1.54, 1.807) is 0 Å². The minimum atomic E-state index is 0.600. The van der Waals surface area contributed by atoms with E-state index in [0.717, 1.165) is 32.0 Å². The summed E-state index contributed by atoms with van der Waals surface area (Å²) in [5.41, 5.74) is 0. The third-order valence-electron chi connectivity index (χ3n) is 2.93. The number of aryl methyl sites for hydroxylation is 1. The molecule has 4 nitrogen and oxygen atoms in total. The highest BCUT2D eigenvalue weighted by Gasteiger charge is 2.10. The van der Waals surface area contributed by atoms with Gasteiger partial charge in [0.1, 0.15) is 0 Å². The molecule has 0 radical (unpaired) electrons. The van der Waals surface area contributed by atoms with Crippen LogP contribution in [0, 0.1) is 5.92 Å². The van der Waals surface area contributed by atoms with E-state index in [1.165, 1.54) is 6.42 Å². The van der Waals surface area contributed by atoms with Crippen LogP contribution in [-0.2, 0) is 6.54 Å². The van der Waals surface area contributed by atoms with Crippen LogP contribution in [0.4, 0.5) is 0 Å². The molecule has 104 valence electrons. The van der Waals surface area contributed by atoms with E-state index in [-0.39, 0.29) is 0 Å². The Morgan fingerprint density at radius 2 is 2.11 bits per heavy atom. The van der Waals surface area contributed by atoms with Gasteiger partial charge in [0.25, 0.3) is 0 Å². The topological polar surface area (TPSA) is 33.1 Å². The van der Waals surface area contributed by atoms with Gasteiger partial charge in [-0.05, 0) is 39.4 Å². The number of likely N-dealkylation sites (N-methyl/N-ethyl adjacent to an activating group) is 1. The van der Waals surface area contributed by atoms with Crippen molar-refractivity contribution in [3.63, 3.8) is 0 Å². The number of aromatic nitrogens is 2. The molecule has 0 saturated carbocycles. The number of imidazole rings is 1. The molecule has 1 N–H and O–H groups in total. The Morgan fingerprint density at radius 1 is 1.33 bits per heavy atom. The Hall–Kier alpha value is -0.870. The largest absolute Gasteiger partial charge is 0.337 e. The van der Waals surface area contributed by atoms with Crippen LogP contribution in [0.3, 0.4) is 0 Å². The molecule has 1 heterocycles. The van der Waals surface area contributed by atoms with Crippen molar-refractivity contribution in [2.75, 3.05) is 27.2 Å². The minimum absolute atomic E-state index is 0.600. The van der Waals surface area contributed by atoms with Gasteiger partial charge in [0.15, 0.2) is 0 Å². The summed E-state index contributed by atoms with van der Waals surface area (Å²) >= 11 is 0. The molecule has 0 aliphatic rings. The Balaban J connectivity index is 2.19. The maximum Gasteiger partial charge on any atom is 0.0945 e. The van der Waals surface area contributed by atoms with Crippen LogP contribution in [-0.4, -0.2) is 47.7 Å². The standard InChI is InChI=1S/C14H28N4/c1-13(2)10-14(11-17(3)4)16-6-5-8-18-9-7-15-12-18/h7,9,12-14,16H,5-6,8,10-11H2,1-4H3. The van der Waals surface area contributed by atoms with Crippen LogP contribution in [0.25, 0.3) is 0 Å². The van der Waals surface area contributed by atoms with Gasteiger partial charge >= 0.3 is 0 Å². The maximum absolute atomic E-state index is 4.05. The molecule has 0 bridgehead atoms. The molecular weight excluding hydrogens is 224 g/mol. The lowest BCUT2D eigenvalue weighted by Crippen LogP contribution is -2.39. The number of nitrogens with one attached hydrogen (secondary N) is 1. The smallest absolute Gasteiger partial charge is 0.0945 e. The zero-order chi connectivity index (χ0) is 13.4. The van der Waals surface area contributed by atoms with Gasteiger partial charge in [-0.2, -0.15) is 0 Å². The highest BCUT2D eigenvalue weighted by molar-refractivity contribution is 4.75. The first-order valence-electron chi connectivity index (χ1n) is 6.91. The summed E-state index contributed by atoms with van der Waals surface area (Å²) in [7, 11) is 4.28. The Bertz CT molecular complexity index is 283. The molecule has 0 spiro atoms. The van der Waals surface area contributed by atoms with Crippen molar-refractivity contribution >= 4 is 0 Å². The molecule has 1 aromatic heterocycles. The summed E-state index contributed by atoms with van der Waals surface area (Å²) < 4.78 is 2.13. The molecule has 4 heteroatoms. The molecule has 0 aliphatic carbocycles. The zero-order valence-corrected chi connectivity index (χ0v) is 12.3. The second kappa shape index (κ2) is 8.27. The van der Waals surface area contributed by atoms with Gasteiger partial charge in [-0.1, -0.05) is 13.8 Å². The molecule has 18 heavy (non-hydrogen) atoms. The van der Waals surface area contributed by atoms with E-state index in [0.29, 0.717) is 6.04 Å². The molecular formula is C14H28N4. The van der Waals surface area contributed by atoms with E-state index < -0.39 is 0 Å². The number of hydrogen-bond acceptors (Lipinski definition) is 3. The molecule has 1 atom stereocenters. The van der Waals surface area contributed by atoms with Gasteiger partial charge in [0.05, 0.1) is 6.33 Å². The molecule has 0 saturated heterocycles. The molecule has 0 aliphatic heterocycles. The second-order valence-corrected chi connectivity index (χ2v) is 5.70. The molecule has 1 unspecified atom stereocenters. The third-order valence-corrected chi connectivity index (χ3v) is 2.93. The fourth-order valence-corrected chi connectivity index (χ4v) is 2.22. The number of nitrogens with zero attached hydrogens (tertiary/aromatic N) is 3. The zero-order valence-electron chi connectivity index (χ0n) is 12.3. The first-order chi connectivity index (χ1) is 8.58. The molecule has 0 fully saturated rings. The third kappa shape index (κ3) is 6.77. The summed E-state index contributed by atoms with van der Waals surface area (Å²) in [4.78, 5) is 6.31. The quantitative estimate of drug-likeness (QED) is 0.681. The van der Waals surface area contributed by atoms with Crippen LogP contribution in [0.5, 0.6) is 0 Å². The Kier molecular flexibility index (Phi) is 6.98. The van der Waals surface area contributed by atoms with Crippen LogP contribution in [0.15, 0.2) is 18.7 Å². The summed E-state index contributed by atoms with van der Waals surface area (Å²) in [6.45, 7) is 7.81. The average Bonchev–Trinajstić information content (AvgIpc) is 2.75. The van der Waals surface area contributed by atoms with Gasteiger partial charge < -0.3 is 14.8 Å². The predicted molar refractivity (Wildman–Crippen MR) is 76.6 cm³/mol. The van der Waals surface area contributed by atoms with E-state index in [2.05, 4.69) is 47.7 Å². The highest BCUT2D eigenvalue weighted by Crippen LogP contribution is 2.05. The van der Waals surface area contributed by atoms with Crippen LogP contribution in [0.2, 0.25) is 0 Å². The van der Waals surface area contributed by atoms with Crippen LogP contribution < -0.4 is 5.32 Å². The van der Waals surface area contributed by atoms with E-state index in [1.807, 2.05) is 18.7 Å². The van der Waals surface area contributed by atoms with Crippen molar-refractivity contribution in [3.05, 3.63) is 18.7 Å².